The van der Waals surface area contributed by atoms with Crippen molar-refractivity contribution in [2.75, 3.05) is 39.4 Å². The van der Waals surface area contributed by atoms with E-state index in [0.717, 1.165) is 68.0 Å². The van der Waals surface area contributed by atoms with Crippen LogP contribution in [0.4, 0.5) is 0 Å². The van der Waals surface area contributed by atoms with Gasteiger partial charge in [0.1, 0.15) is 5.69 Å². The van der Waals surface area contributed by atoms with Crippen LogP contribution in [-0.4, -0.2) is 71.3 Å². The largest absolute Gasteiger partial charge is 0.379 e. The molecule has 1 N–H and O–H groups in total. The van der Waals surface area contributed by atoms with E-state index in [1.54, 1.807) is 0 Å². The number of aromatic amines is 1. The van der Waals surface area contributed by atoms with Crippen molar-refractivity contribution in [2.45, 2.75) is 25.3 Å². The summed E-state index contributed by atoms with van der Waals surface area (Å²) in [6.07, 6.45) is 3.32. The second-order valence-corrected chi connectivity index (χ2v) is 8.15. The van der Waals surface area contributed by atoms with E-state index in [0.29, 0.717) is 5.69 Å². The Hall–Kier alpha value is -1.70. The predicted molar refractivity (Wildman–Crippen MR) is 108 cm³/mol. The summed E-state index contributed by atoms with van der Waals surface area (Å²) < 4.78 is 6.47. The van der Waals surface area contributed by atoms with E-state index in [1.165, 1.54) is 6.42 Å². The number of halogens is 1. The molecule has 144 valence electrons. The van der Waals surface area contributed by atoms with Crippen LogP contribution in [0.25, 0.3) is 11.3 Å². The van der Waals surface area contributed by atoms with E-state index in [2.05, 4.69) is 31.0 Å². The van der Waals surface area contributed by atoms with E-state index in [-0.39, 0.29) is 11.9 Å². The monoisotopic (exact) mass is 432 g/mol. The summed E-state index contributed by atoms with van der Waals surface area (Å²) in [6.45, 7) is 5.24. The van der Waals surface area contributed by atoms with Crippen LogP contribution in [0.1, 0.15) is 29.8 Å². The summed E-state index contributed by atoms with van der Waals surface area (Å²) in [5.74, 6) is 0.0591. The van der Waals surface area contributed by atoms with Crippen LogP contribution in [0.15, 0.2) is 34.8 Å². The van der Waals surface area contributed by atoms with Gasteiger partial charge in [-0.15, -0.1) is 0 Å². The number of rotatable bonds is 4. The van der Waals surface area contributed by atoms with Crippen molar-refractivity contribution in [3.63, 3.8) is 0 Å². The normalized spacial score (nSPS) is 21.4. The summed E-state index contributed by atoms with van der Waals surface area (Å²) in [5.41, 5.74) is 2.37. The maximum atomic E-state index is 13.2. The fourth-order valence-electron chi connectivity index (χ4n) is 3.89. The molecule has 1 aromatic heterocycles. The molecule has 6 nitrogen and oxygen atoms in total. The average Bonchev–Trinajstić information content (AvgIpc) is 3.19. The number of aromatic nitrogens is 2. The SMILES string of the molecule is O=C(c1cc(-c2ccc(Br)cc2)n[nH]1)N1CCCCC1CN1CCOCC1. The maximum absolute atomic E-state index is 13.2. The Kier molecular flexibility index (Phi) is 5.90. The van der Waals surface area contributed by atoms with Gasteiger partial charge >= 0.3 is 0 Å². The van der Waals surface area contributed by atoms with Gasteiger partial charge < -0.3 is 9.64 Å². The first kappa shape index (κ1) is 18.7. The third-order valence-corrected chi connectivity index (χ3v) is 5.94. The molecule has 2 fully saturated rings. The summed E-state index contributed by atoms with van der Waals surface area (Å²) in [7, 11) is 0. The second-order valence-electron chi connectivity index (χ2n) is 7.23. The number of ether oxygens (including phenoxy) is 1. The highest BCUT2D eigenvalue weighted by molar-refractivity contribution is 9.10. The molecule has 2 aliphatic heterocycles. The molecule has 1 atom stereocenters. The van der Waals surface area contributed by atoms with E-state index in [4.69, 9.17) is 4.74 Å². The number of nitrogens with one attached hydrogen (secondary N) is 1. The minimum Gasteiger partial charge on any atom is -0.379 e. The lowest BCUT2D eigenvalue weighted by Gasteiger charge is -2.39. The molecule has 2 aliphatic rings. The molecule has 3 heterocycles. The van der Waals surface area contributed by atoms with Crippen LogP contribution in [0.2, 0.25) is 0 Å². The van der Waals surface area contributed by atoms with Gasteiger partial charge in [0.25, 0.3) is 5.91 Å². The Balaban J connectivity index is 1.47. The minimum absolute atomic E-state index is 0.0591. The lowest BCUT2D eigenvalue weighted by Crippen LogP contribution is -2.51. The average molecular weight is 433 g/mol. The van der Waals surface area contributed by atoms with Gasteiger partial charge in [-0.2, -0.15) is 5.10 Å². The molecular formula is C20H25BrN4O2. The summed E-state index contributed by atoms with van der Waals surface area (Å²) in [6, 6.07) is 10.1. The van der Waals surface area contributed by atoms with Crippen molar-refractivity contribution < 1.29 is 9.53 Å². The van der Waals surface area contributed by atoms with Gasteiger partial charge in [0, 0.05) is 42.3 Å². The van der Waals surface area contributed by atoms with Gasteiger partial charge in [0.2, 0.25) is 0 Å². The molecule has 0 bridgehead atoms. The third kappa shape index (κ3) is 4.42. The molecule has 0 aliphatic carbocycles. The first-order chi connectivity index (χ1) is 13.2. The number of H-pyrrole nitrogens is 1. The molecule has 27 heavy (non-hydrogen) atoms. The zero-order valence-corrected chi connectivity index (χ0v) is 17.0. The van der Waals surface area contributed by atoms with E-state index in [1.807, 2.05) is 35.2 Å². The number of hydrogen-bond donors (Lipinski definition) is 1. The molecule has 2 saturated heterocycles. The van der Waals surface area contributed by atoms with Crippen molar-refractivity contribution >= 4 is 21.8 Å². The zero-order valence-electron chi connectivity index (χ0n) is 15.4. The van der Waals surface area contributed by atoms with Crippen LogP contribution < -0.4 is 0 Å². The number of morpholine rings is 1. The molecule has 2 aromatic rings. The Morgan fingerprint density at radius 2 is 1.96 bits per heavy atom. The maximum Gasteiger partial charge on any atom is 0.272 e. The van der Waals surface area contributed by atoms with Crippen LogP contribution in [0, 0.1) is 0 Å². The summed E-state index contributed by atoms with van der Waals surface area (Å²) >= 11 is 3.44. The smallest absolute Gasteiger partial charge is 0.272 e. The predicted octanol–water partition coefficient (Wildman–Crippen LogP) is 3.17. The summed E-state index contributed by atoms with van der Waals surface area (Å²) in [4.78, 5) is 17.6. The standard InChI is InChI=1S/C20H25BrN4O2/c21-16-6-4-15(5-7-16)18-13-19(23-22-18)20(26)25-8-2-1-3-17(25)14-24-9-11-27-12-10-24/h4-7,13,17H,1-3,8-12,14H2,(H,22,23). The van der Waals surface area contributed by atoms with Crippen molar-refractivity contribution in [1.29, 1.82) is 0 Å². The molecular weight excluding hydrogens is 408 g/mol. The molecule has 0 radical (unpaired) electrons. The first-order valence-electron chi connectivity index (χ1n) is 9.63. The molecule has 7 heteroatoms. The van der Waals surface area contributed by atoms with Crippen LogP contribution in [0.3, 0.4) is 0 Å². The van der Waals surface area contributed by atoms with Gasteiger partial charge in [-0.1, -0.05) is 28.1 Å². The van der Waals surface area contributed by atoms with Gasteiger partial charge in [-0.05, 0) is 37.5 Å². The number of carbonyl (C=O) groups is 1. The molecule has 1 unspecified atom stereocenters. The van der Waals surface area contributed by atoms with Gasteiger partial charge in [0.15, 0.2) is 0 Å². The highest BCUT2D eigenvalue weighted by Crippen LogP contribution is 2.24. The highest BCUT2D eigenvalue weighted by Gasteiger charge is 2.30. The fraction of sp³-hybridized carbons (Fsp3) is 0.500. The van der Waals surface area contributed by atoms with Crippen molar-refractivity contribution in [3.8, 4) is 11.3 Å². The third-order valence-electron chi connectivity index (χ3n) is 5.41. The molecule has 1 amide bonds. The number of likely N-dealkylation sites (tertiary alicyclic amines) is 1. The first-order valence-corrected chi connectivity index (χ1v) is 10.4. The number of nitrogens with zero attached hydrogens (tertiary/aromatic N) is 3. The molecule has 0 spiro atoms. The zero-order chi connectivity index (χ0) is 18.6. The van der Waals surface area contributed by atoms with E-state index < -0.39 is 0 Å². The number of amides is 1. The molecule has 1 aromatic carbocycles. The fourth-order valence-corrected chi connectivity index (χ4v) is 4.16. The van der Waals surface area contributed by atoms with Crippen molar-refractivity contribution in [3.05, 3.63) is 40.5 Å². The van der Waals surface area contributed by atoms with Crippen molar-refractivity contribution in [2.24, 2.45) is 0 Å². The van der Waals surface area contributed by atoms with Crippen LogP contribution >= 0.6 is 15.9 Å². The van der Waals surface area contributed by atoms with Crippen molar-refractivity contribution in [1.82, 2.24) is 20.0 Å². The number of piperidine rings is 1. The summed E-state index contributed by atoms with van der Waals surface area (Å²) in [5, 5.41) is 7.31. The Labute approximate surface area is 168 Å². The van der Waals surface area contributed by atoms with Gasteiger partial charge in [-0.25, -0.2) is 0 Å². The Morgan fingerprint density at radius 1 is 1.19 bits per heavy atom. The van der Waals surface area contributed by atoms with E-state index >= 15 is 0 Å². The number of hydrogen-bond acceptors (Lipinski definition) is 4. The lowest BCUT2D eigenvalue weighted by molar-refractivity contribution is 0.0164. The molecule has 4 rings (SSSR count). The van der Waals surface area contributed by atoms with E-state index in [9.17, 15) is 4.79 Å². The lowest BCUT2D eigenvalue weighted by atomic mass is 10.0. The molecule has 0 saturated carbocycles. The quantitative estimate of drug-likeness (QED) is 0.805. The minimum atomic E-state index is 0.0591. The topological polar surface area (TPSA) is 61.5 Å². The number of carbonyl (C=O) groups excluding carboxylic acids is 1. The highest BCUT2D eigenvalue weighted by atomic mass is 79.9. The van der Waals surface area contributed by atoms with Crippen LogP contribution in [0.5, 0.6) is 0 Å². The Bertz CT molecular complexity index is 771. The second kappa shape index (κ2) is 8.54. The number of benzene rings is 1. The van der Waals surface area contributed by atoms with Gasteiger partial charge in [-0.3, -0.25) is 14.8 Å². The Morgan fingerprint density at radius 3 is 2.74 bits per heavy atom. The van der Waals surface area contributed by atoms with Crippen LogP contribution in [-0.2, 0) is 4.74 Å². The van der Waals surface area contributed by atoms with Gasteiger partial charge in [0.05, 0.1) is 18.9 Å².